The third-order valence-corrected chi connectivity index (χ3v) is 5.35. The topological polar surface area (TPSA) is 20.2 Å². The molecule has 1 nitrogen and oxygen atoms in total. The highest BCUT2D eigenvalue weighted by Crippen LogP contribution is 2.38. The van der Waals surface area contributed by atoms with E-state index in [0.717, 1.165) is 19.3 Å². The molecule has 120 valence electrons. The highest BCUT2D eigenvalue weighted by Gasteiger charge is 2.37. The Hall–Kier alpha value is -0.820. The maximum Gasteiger partial charge on any atom is 0.0639 e. The smallest absolute Gasteiger partial charge is 0.0639 e. The van der Waals surface area contributed by atoms with Crippen molar-refractivity contribution < 1.29 is 5.11 Å². The Morgan fingerprint density at radius 3 is 2.10 bits per heavy atom. The molecule has 0 saturated heterocycles. The van der Waals surface area contributed by atoms with Crippen molar-refractivity contribution in [3.05, 3.63) is 35.9 Å². The van der Waals surface area contributed by atoms with Crippen LogP contribution in [0.2, 0.25) is 0 Å². The number of unbranched alkanes of at least 4 members (excludes halogenated alkanes) is 1. The quantitative estimate of drug-likeness (QED) is 0.585. The minimum Gasteiger partial charge on any atom is -0.392 e. The van der Waals surface area contributed by atoms with E-state index in [0.29, 0.717) is 5.92 Å². The number of hydrogen-bond donors (Lipinski definition) is 1. The highest BCUT2D eigenvalue weighted by molar-refractivity contribution is 5.27. The number of rotatable bonds is 10. The maximum atomic E-state index is 11.0. The van der Waals surface area contributed by atoms with Crippen LogP contribution in [-0.2, 0) is 5.41 Å². The van der Waals surface area contributed by atoms with E-state index in [-0.39, 0.29) is 11.5 Å². The molecule has 2 unspecified atom stereocenters. The van der Waals surface area contributed by atoms with E-state index in [2.05, 4.69) is 58.0 Å². The number of benzene rings is 1. The summed E-state index contributed by atoms with van der Waals surface area (Å²) in [5, 5.41) is 11.0. The molecule has 0 bridgehead atoms. The molecular formula is C20H34O. The number of aliphatic hydroxyl groups excluding tert-OH is 1. The van der Waals surface area contributed by atoms with Crippen molar-refractivity contribution in [3.8, 4) is 0 Å². The van der Waals surface area contributed by atoms with Crippen LogP contribution in [0.25, 0.3) is 0 Å². The second-order valence-electron chi connectivity index (χ2n) is 6.40. The van der Waals surface area contributed by atoms with Gasteiger partial charge in [-0.15, -0.1) is 0 Å². The van der Waals surface area contributed by atoms with E-state index in [1.807, 2.05) is 0 Å². The molecule has 0 saturated carbocycles. The first kappa shape index (κ1) is 18.2. The summed E-state index contributed by atoms with van der Waals surface area (Å²) in [6, 6.07) is 10.6. The summed E-state index contributed by atoms with van der Waals surface area (Å²) in [7, 11) is 0. The SMILES string of the molecule is CCCCC(CC)CC(O)C(CC)(CC)c1ccccc1. The van der Waals surface area contributed by atoms with Gasteiger partial charge in [0, 0.05) is 5.41 Å². The van der Waals surface area contributed by atoms with Crippen molar-refractivity contribution in [2.24, 2.45) is 5.92 Å². The zero-order chi connectivity index (χ0) is 15.7. The molecule has 1 rings (SSSR count). The molecule has 21 heavy (non-hydrogen) atoms. The van der Waals surface area contributed by atoms with Gasteiger partial charge in [0.1, 0.15) is 0 Å². The summed E-state index contributed by atoms with van der Waals surface area (Å²) in [6.07, 6.45) is 7.65. The predicted molar refractivity (Wildman–Crippen MR) is 92.6 cm³/mol. The van der Waals surface area contributed by atoms with Gasteiger partial charge in [0.05, 0.1) is 6.10 Å². The van der Waals surface area contributed by atoms with E-state index in [4.69, 9.17) is 0 Å². The molecule has 0 heterocycles. The van der Waals surface area contributed by atoms with Crippen molar-refractivity contribution in [3.63, 3.8) is 0 Å². The van der Waals surface area contributed by atoms with E-state index in [1.54, 1.807) is 0 Å². The van der Waals surface area contributed by atoms with Crippen LogP contribution in [0.5, 0.6) is 0 Å². The van der Waals surface area contributed by atoms with Gasteiger partial charge in [0.15, 0.2) is 0 Å². The van der Waals surface area contributed by atoms with Crippen LogP contribution in [0.15, 0.2) is 30.3 Å². The first-order valence-electron chi connectivity index (χ1n) is 8.88. The van der Waals surface area contributed by atoms with Crippen LogP contribution in [0.4, 0.5) is 0 Å². The molecule has 1 aromatic rings. The summed E-state index contributed by atoms with van der Waals surface area (Å²) in [6.45, 7) is 8.93. The molecular weight excluding hydrogens is 256 g/mol. The van der Waals surface area contributed by atoms with E-state index in [1.165, 1.54) is 31.2 Å². The summed E-state index contributed by atoms with van der Waals surface area (Å²) in [5.74, 6) is 0.654. The lowest BCUT2D eigenvalue weighted by Gasteiger charge is -2.39. The standard InChI is InChI=1S/C20H34O/c1-5-9-13-17(6-2)16-19(21)20(7-3,8-4)18-14-11-10-12-15-18/h10-12,14-15,17,19,21H,5-9,13,16H2,1-4H3. The highest BCUT2D eigenvalue weighted by atomic mass is 16.3. The van der Waals surface area contributed by atoms with Gasteiger partial charge in [0.25, 0.3) is 0 Å². The average molecular weight is 290 g/mol. The Balaban J connectivity index is 2.89. The van der Waals surface area contributed by atoms with E-state index < -0.39 is 0 Å². The van der Waals surface area contributed by atoms with Gasteiger partial charge < -0.3 is 5.11 Å². The van der Waals surface area contributed by atoms with Gasteiger partial charge in [0.2, 0.25) is 0 Å². The molecule has 0 aliphatic rings. The Morgan fingerprint density at radius 1 is 1.00 bits per heavy atom. The third-order valence-electron chi connectivity index (χ3n) is 5.35. The molecule has 0 spiro atoms. The fourth-order valence-corrected chi connectivity index (χ4v) is 3.61. The Bertz CT molecular complexity index is 367. The van der Waals surface area contributed by atoms with E-state index in [9.17, 15) is 5.11 Å². The van der Waals surface area contributed by atoms with Crippen LogP contribution in [0.1, 0.15) is 78.2 Å². The first-order chi connectivity index (χ1) is 10.1. The van der Waals surface area contributed by atoms with Crippen LogP contribution in [0.3, 0.4) is 0 Å². The van der Waals surface area contributed by atoms with Crippen molar-refractivity contribution in [1.82, 2.24) is 0 Å². The number of aliphatic hydroxyl groups is 1. The Labute approximate surface area is 131 Å². The van der Waals surface area contributed by atoms with Gasteiger partial charge in [-0.1, -0.05) is 83.7 Å². The molecule has 0 fully saturated rings. The van der Waals surface area contributed by atoms with Gasteiger partial charge in [-0.2, -0.15) is 0 Å². The molecule has 0 aromatic heterocycles. The fraction of sp³-hybridized carbons (Fsp3) is 0.700. The lowest BCUT2D eigenvalue weighted by Crippen LogP contribution is -2.39. The van der Waals surface area contributed by atoms with E-state index >= 15 is 0 Å². The lowest BCUT2D eigenvalue weighted by atomic mass is 9.69. The molecule has 0 aliphatic carbocycles. The van der Waals surface area contributed by atoms with Crippen molar-refractivity contribution in [1.29, 1.82) is 0 Å². The lowest BCUT2D eigenvalue weighted by molar-refractivity contribution is 0.0485. The van der Waals surface area contributed by atoms with Crippen molar-refractivity contribution >= 4 is 0 Å². The molecule has 0 radical (unpaired) electrons. The monoisotopic (exact) mass is 290 g/mol. The largest absolute Gasteiger partial charge is 0.392 e. The zero-order valence-corrected chi connectivity index (χ0v) is 14.4. The summed E-state index contributed by atoms with van der Waals surface area (Å²) < 4.78 is 0. The molecule has 1 N–H and O–H groups in total. The second kappa shape index (κ2) is 9.25. The first-order valence-corrected chi connectivity index (χ1v) is 8.88. The van der Waals surface area contributed by atoms with Gasteiger partial charge in [-0.3, -0.25) is 0 Å². The Kier molecular flexibility index (Phi) is 8.03. The molecule has 1 heteroatoms. The van der Waals surface area contributed by atoms with Gasteiger partial charge >= 0.3 is 0 Å². The molecule has 1 aromatic carbocycles. The van der Waals surface area contributed by atoms with Gasteiger partial charge in [-0.25, -0.2) is 0 Å². The van der Waals surface area contributed by atoms with Crippen LogP contribution in [0, 0.1) is 5.92 Å². The van der Waals surface area contributed by atoms with Crippen molar-refractivity contribution in [2.45, 2.75) is 84.2 Å². The minimum atomic E-state index is -0.239. The maximum absolute atomic E-state index is 11.0. The summed E-state index contributed by atoms with van der Waals surface area (Å²) in [5.41, 5.74) is 1.22. The van der Waals surface area contributed by atoms with Crippen LogP contribution in [-0.4, -0.2) is 11.2 Å². The van der Waals surface area contributed by atoms with Crippen molar-refractivity contribution in [2.75, 3.05) is 0 Å². The average Bonchev–Trinajstić information content (AvgIpc) is 2.54. The zero-order valence-electron chi connectivity index (χ0n) is 14.4. The second-order valence-corrected chi connectivity index (χ2v) is 6.40. The predicted octanol–water partition coefficient (Wildman–Crippen LogP) is 5.71. The molecule has 0 aliphatic heterocycles. The summed E-state index contributed by atoms with van der Waals surface area (Å²) >= 11 is 0. The Morgan fingerprint density at radius 2 is 1.62 bits per heavy atom. The minimum absolute atomic E-state index is 0.0824. The molecule has 0 amide bonds. The normalized spacial score (nSPS) is 14.9. The van der Waals surface area contributed by atoms with Crippen LogP contribution >= 0.6 is 0 Å². The molecule has 2 atom stereocenters. The number of hydrogen-bond acceptors (Lipinski definition) is 1. The van der Waals surface area contributed by atoms with Crippen LogP contribution < -0.4 is 0 Å². The summed E-state index contributed by atoms with van der Waals surface area (Å²) in [4.78, 5) is 0. The van der Waals surface area contributed by atoms with Gasteiger partial charge in [-0.05, 0) is 30.7 Å². The third kappa shape index (κ3) is 4.57. The fourth-order valence-electron chi connectivity index (χ4n) is 3.61.